The van der Waals surface area contributed by atoms with Gasteiger partial charge in [-0.15, -0.1) is 0 Å². The molecule has 0 aliphatic rings. The molecule has 0 saturated carbocycles. The molecule has 0 aromatic heterocycles. The zero-order valence-corrected chi connectivity index (χ0v) is 26.9. The Kier molecular flexibility index (Phi) is 11.7. The van der Waals surface area contributed by atoms with Crippen molar-refractivity contribution in [3.8, 4) is 34.1 Å². The molecule has 40 heavy (non-hydrogen) atoms. The van der Waals surface area contributed by atoms with Gasteiger partial charge in [0.2, 0.25) is 5.75 Å². The van der Waals surface area contributed by atoms with Crippen molar-refractivity contribution in [2.75, 3.05) is 33.8 Å². The highest BCUT2D eigenvalue weighted by atomic mass is 28.4. The third-order valence-corrected chi connectivity index (χ3v) is 11.7. The highest BCUT2D eigenvalue weighted by Crippen LogP contribution is 2.50. The first-order chi connectivity index (χ1) is 18.8. The predicted octanol–water partition coefficient (Wildman–Crippen LogP) is 7.31. The Labute approximate surface area is 240 Å². The lowest BCUT2D eigenvalue weighted by Gasteiger charge is -2.29. The van der Waals surface area contributed by atoms with E-state index in [0.29, 0.717) is 52.0 Å². The van der Waals surface area contributed by atoms with Crippen molar-refractivity contribution in [1.82, 2.24) is 0 Å². The second-order valence-corrected chi connectivity index (χ2v) is 15.4. The van der Waals surface area contributed by atoms with E-state index >= 15 is 0 Å². The van der Waals surface area contributed by atoms with Crippen LogP contribution in [0, 0.1) is 0 Å². The van der Waals surface area contributed by atoms with Gasteiger partial charge in [0.1, 0.15) is 11.4 Å². The van der Waals surface area contributed by atoms with E-state index in [1.54, 1.807) is 61.2 Å². The van der Waals surface area contributed by atoms with Crippen LogP contribution >= 0.6 is 0 Å². The monoisotopic (exact) mass is 577 g/mol. The van der Waals surface area contributed by atoms with E-state index in [0.717, 1.165) is 23.7 Å². The van der Waals surface area contributed by atoms with Crippen LogP contribution in [0.4, 0.5) is 10.5 Å². The largest absolute Gasteiger partial charge is 0.495 e. The number of hydrogen-bond acceptors (Lipinski definition) is 8. The number of carbonyl (C=O) groups is 1. The molecule has 0 spiro atoms. The lowest BCUT2D eigenvalue weighted by atomic mass is 9.91. The Bertz CT molecular complexity index is 1150. The molecule has 1 atom stereocenters. The van der Waals surface area contributed by atoms with Gasteiger partial charge in [0.05, 0.1) is 46.8 Å². The summed E-state index contributed by atoms with van der Waals surface area (Å²) in [5, 5.41) is 13.7. The smallest absolute Gasteiger partial charge is 0.412 e. The molecule has 2 N–H and O–H groups in total. The minimum Gasteiger partial charge on any atom is -0.495 e. The molecular weight excluding hydrogens is 530 g/mol. The molecule has 0 aliphatic carbocycles. The van der Waals surface area contributed by atoms with E-state index in [1.807, 2.05) is 6.07 Å². The zero-order valence-electron chi connectivity index (χ0n) is 25.9. The number of hydrogen-bond donors (Lipinski definition) is 2. The molecular formula is C30H47NO8Si. The highest BCUT2D eigenvalue weighted by Gasteiger charge is 2.31. The normalized spacial score (nSPS) is 12.5. The average molecular weight is 578 g/mol. The van der Waals surface area contributed by atoms with Gasteiger partial charge in [-0.3, -0.25) is 5.32 Å². The lowest BCUT2D eigenvalue weighted by molar-refractivity contribution is 0.0635. The fourth-order valence-corrected chi connectivity index (χ4v) is 7.32. The van der Waals surface area contributed by atoms with E-state index in [-0.39, 0.29) is 0 Å². The maximum absolute atomic E-state index is 12.6. The van der Waals surface area contributed by atoms with Gasteiger partial charge in [0.15, 0.2) is 19.8 Å². The number of ether oxygens (including phenoxy) is 5. The van der Waals surface area contributed by atoms with Gasteiger partial charge >= 0.3 is 6.09 Å². The molecule has 0 fully saturated rings. The number of nitrogens with one attached hydrogen (secondary N) is 1. The van der Waals surface area contributed by atoms with Crippen molar-refractivity contribution in [1.29, 1.82) is 0 Å². The van der Waals surface area contributed by atoms with Crippen LogP contribution < -0.4 is 24.3 Å². The fraction of sp³-hybridized carbons (Fsp3) is 0.567. The maximum atomic E-state index is 12.6. The Hall–Kier alpha value is -2.95. The molecule has 0 bridgehead atoms. The maximum Gasteiger partial charge on any atom is 0.412 e. The summed E-state index contributed by atoms with van der Waals surface area (Å²) in [5.74, 6) is 1.75. The predicted molar refractivity (Wildman–Crippen MR) is 161 cm³/mol. The first-order valence-electron chi connectivity index (χ1n) is 13.7. The molecule has 0 saturated heterocycles. The van der Waals surface area contributed by atoms with Crippen molar-refractivity contribution < 1.29 is 38.0 Å². The number of amides is 1. The number of aliphatic hydroxyl groups is 1. The number of carbonyl (C=O) groups excluding carboxylic acids is 1. The third kappa shape index (κ3) is 7.61. The standard InChI is InChI=1S/C30H47NO8Si/c1-12-40(13-2,14-3)38-18-20-15-25(35-9)27(36-10)28(37-11)26(20)22-17-24(34-8)23(16-21(22)19(4)32)31-29(33)39-30(5,6)7/h15-17,19,32H,12-14,18H2,1-11H3,(H,31,33). The van der Waals surface area contributed by atoms with Gasteiger partial charge in [-0.1, -0.05) is 20.8 Å². The van der Waals surface area contributed by atoms with Crippen LogP contribution in [0.3, 0.4) is 0 Å². The first-order valence-corrected chi connectivity index (χ1v) is 16.2. The van der Waals surface area contributed by atoms with E-state index < -0.39 is 26.1 Å². The number of aliphatic hydroxyl groups excluding tert-OH is 1. The van der Waals surface area contributed by atoms with Crippen LogP contribution in [0.2, 0.25) is 18.1 Å². The Morgan fingerprint density at radius 3 is 1.93 bits per heavy atom. The second-order valence-electron chi connectivity index (χ2n) is 10.7. The molecule has 0 radical (unpaired) electrons. The summed E-state index contributed by atoms with van der Waals surface area (Å²) in [5.41, 5.74) is 2.38. The molecule has 224 valence electrons. The van der Waals surface area contributed by atoms with Crippen molar-refractivity contribution in [3.63, 3.8) is 0 Å². The highest BCUT2D eigenvalue weighted by molar-refractivity contribution is 6.73. The lowest BCUT2D eigenvalue weighted by Crippen LogP contribution is -2.35. The molecule has 2 aromatic rings. The topological polar surface area (TPSA) is 105 Å². The van der Waals surface area contributed by atoms with Crippen LogP contribution in [0.1, 0.15) is 65.7 Å². The Morgan fingerprint density at radius 2 is 1.48 bits per heavy atom. The quantitative estimate of drug-likeness (QED) is 0.239. The molecule has 0 aliphatic heterocycles. The molecule has 1 unspecified atom stereocenters. The minimum absolute atomic E-state index is 0.327. The summed E-state index contributed by atoms with van der Waals surface area (Å²) in [4.78, 5) is 12.6. The summed E-state index contributed by atoms with van der Waals surface area (Å²) in [7, 11) is 4.25. The number of anilines is 1. The summed E-state index contributed by atoms with van der Waals surface area (Å²) >= 11 is 0. The van der Waals surface area contributed by atoms with Crippen LogP contribution in [0.15, 0.2) is 18.2 Å². The third-order valence-electron chi connectivity index (χ3n) is 7.11. The molecule has 0 heterocycles. The van der Waals surface area contributed by atoms with E-state index in [1.165, 1.54) is 7.11 Å². The number of benzene rings is 2. The molecule has 1 amide bonds. The van der Waals surface area contributed by atoms with Crippen molar-refractivity contribution in [2.24, 2.45) is 0 Å². The summed E-state index contributed by atoms with van der Waals surface area (Å²) in [6, 6.07) is 8.34. The van der Waals surface area contributed by atoms with E-state index in [4.69, 9.17) is 28.1 Å². The van der Waals surface area contributed by atoms with Gasteiger partial charge < -0.3 is 33.2 Å². The number of rotatable bonds is 13. The molecule has 2 rings (SSSR count). The zero-order chi connectivity index (χ0) is 30.3. The summed E-state index contributed by atoms with van der Waals surface area (Å²) in [6.07, 6.45) is -1.53. The van der Waals surface area contributed by atoms with Crippen LogP contribution in [-0.4, -0.2) is 53.6 Å². The van der Waals surface area contributed by atoms with Crippen LogP contribution in [0.25, 0.3) is 11.1 Å². The van der Waals surface area contributed by atoms with Gasteiger partial charge in [-0.05, 0) is 80.7 Å². The van der Waals surface area contributed by atoms with E-state index in [2.05, 4.69) is 26.1 Å². The van der Waals surface area contributed by atoms with Crippen molar-refractivity contribution in [3.05, 3.63) is 29.3 Å². The van der Waals surface area contributed by atoms with Crippen LogP contribution in [-0.2, 0) is 15.8 Å². The Morgan fingerprint density at radius 1 is 0.900 bits per heavy atom. The molecule has 9 nitrogen and oxygen atoms in total. The van der Waals surface area contributed by atoms with Crippen molar-refractivity contribution in [2.45, 2.75) is 84.9 Å². The van der Waals surface area contributed by atoms with Crippen molar-refractivity contribution >= 4 is 20.1 Å². The average Bonchev–Trinajstić information content (AvgIpc) is 2.91. The number of methoxy groups -OCH3 is 4. The summed E-state index contributed by atoms with van der Waals surface area (Å²) in [6.45, 7) is 13.9. The minimum atomic E-state index is -1.95. The molecule has 10 heteroatoms. The van der Waals surface area contributed by atoms with Gasteiger partial charge in [0, 0.05) is 5.56 Å². The first kappa shape index (κ1) is 33.3. The molecule has 2 aromatic carbocycles. The van der Waals surface area contributed by atoms with Gasteiger partial charge in [-0.2, -0.15) is 0 Å². The van der Waals surface area contributed by atoms with Gasteiger partial charge in [0.25, 0.3) is 0 Å². The fourth-order valence-electron chi connectivity index (χ4n) is 4.74. The summed E-state index contributed by atoms with van der Waals surface area (Å²) < 4.78 is 35.1. The second kappa shape index (κ2) is 14.1. The Balaban J connectivity index is 2.86. The van der Waals surface area contributed by atoms with E-state index in [9.17, 15) is 9.90 Å². The van der Waals surface area contributed by atoms with Crippen LogP contribution in [0.5, 0.6) is 23.0 Å². The SMILES string of the molecule is CC[Si](CC)(CC)OCc1cc(OC)c(OC)c(OC)c1-c1cc(OC)c(NC(=O)OC(C)(C)C)cc1C(C)O. The van der Waals surface area contributed by atoms with Gasteiger partial charge in [-0.25, -0.2) is 4.79 Å².